The molecular formula is C20H19F3N4O3. The highest BCUT2D eigenvalue weighted by molar-refractivity contribution is 6.24. The molecule has 1 saturated heterocycles. The van der Waals surface area contributed by atoms with Crippen LogP contribution >= 0.6 is 0 Å². The Labute approximate surface area is 170 Å². The first-order valence-electron chi connectivity index (χ1n) is 9.44. The van der Waals surface area contributed by atoms with E-state index in [1.54, 1.807) is 18.5 Å². The van der Waals surface area contributed by atoms with Crippen LogP contribution in [0.15, 0.2) is 42.7 Å². The summed E-state index contributed by atoms with van der Waals surface area (Å²) in [6, 6.07) is 5.99. The molecule has 10 heteroatoms. The van der Waals surface area contributed by atoms with E-state index in [-0.39, 0.29) is 18.1 Å². The number of urea groups is 1. The van der Waals surface area contributed by atoms with Crippen LogP contribution < -0.4 is 15.0 Å². The molecule has 0 bridgehead atoms. The fourth-order valence-electron chi connectivity index (χ4n) is 3.64. The predicted octanol–water partition coefficient (Wildman–Crippen LogP) is 3.91. The summed E-state index contributed by atoms with van der Waals surface area (Å²) in [4.78, 5) is 32.8. The first-order chi connectivity index (χ1) is 14.2. The van der Waals surface area contributed by atoms with Crippen molar-refractivity contribution in [1.82, 2.24) is 9.88 Å². The number of amides is 3. The molecule has 1 aromatic heterocycles. The summed E-state index contributed by atoms with van der Waals surface area (Å²) < 4.78 is 40.9. The number of anilines is 2. The Hall–Kier alpha value is -3.30. The molecule has 2 aliphatic rings. The molecule has 1 aliphatic carbocycles. The molecule has 1 N–H and O–H groups in total. The van der Waals surface area contributed by atoms with Crippen molar-refractivity contribution in [2.45, 2.75) is 38.2 Å². The van der Waals surface area contributed by atoms with Gasteiger partial charge in [0.05, 0.1) is 24.1 Å². The molecular weight excluding hydrogens is 401 g/mol. The molecule has 2 heterocycles. The monoisotopic (exact) mass is 420 g/mol. The molecule has 4 rings (SSSR count). The van der Waals surface area contributed by atoms with Crippen LogP contribution in [0.5, 0.6) is 5.75 Å². The smallest absolute Gasteiger partial charge is 0.406 e. The highest BCUT2D eigenvalue weighted by Crippen LogP contribution is 2.50. The van der Waals surface area contributed by atoms with Gasteiger partial charge in [0.2, 0.25) is 0 Å². The number of nitrogens with zero attached hydrogens (tertiary/aromatic N) is 3. The average molecular weight is 420 g/mol. The third-order valence-corrected chi connectivity index (χ3v) is 5.20. The number of halogens is 3. The third kappa shape index (κ3) is 3.53. The molecule has 1 aromatic carbocycles. The van der Waals surface area contributed by atoms with Gasteiger partial charge in [0.1, 0.15) is 11.3 Å². The Bertz CT molecular complexity index is 974. The van der Waals surface area contributed by atoms with E-state index in [2.05, 4.69) is 15.0 Å². The maximum atomic E-state index is 13.1. The van der Waals surface area contributed by atoms with E-state index in [0.29, 0.717) is 19.4 Å². The number of alkyl halides is 3. The summed E-state index contributed by atoms with van der Waals surface area (Å²) in [5.41, 5.74) is 0.915. The van der Waals surface area contributed by atoms with Gasteiger partial charge in [-0.3, -0.25) is 9.78 Å². The van der Waals surface area contributed by atoms with Crippen LogP contribution in [-0.4, -0.2) is 40.3 Å². The van der Waals surface area contributed by atoms with Gasteiger partial charge in [-0.25, -0.2) is 9.69 Å². The molecule has 0 radical (unpaired) electrons. The Balaban J connectivity index is 1.59. The maximum absolute atomic E-state index is 13.1. The van der Waals surface area contributed by atoms with Crippen LogP contribution in [0.1, 0.15) is 25.3 Å². The van der Waals surface area contributed by atoms with E-state index in [1.807, 2.05) is 6.92 Å². The normalized spacial score (nSPS) is 17.6. The summed E-state index contributed by atoms with van der Waals surface area (Å²) in [6.07, 6.45) is -0.437. The summed E-state index contributed by atoms with van der Waals surface area (Å²) in [5, 5.41) is 3.19. The van der Waals surface area contributed by atoms with Gasteiger partial charge in [-0.2, -0.15) is 0 Å². The number of benzene rings is 1. The molecule has 2 fully saturated rings. The Morgan fingerprint density at radius 2 is 1.87 bits per heavy atom. The number of imide groups is 1. The molecule has 0 atom stereocenters. The summed E-state index contributed by atoms with van der Waals surface area (Å²) in [6.45, 7) is 2.84. The maximum Gasteiger partial charge on any atom is 0.573 e. The lowest BCUT2D eigenvalue weighted by molar-refractivity contribution is -0.274. The summed E-state index contributed by atoms with van der Waals surface area (Å²) in [7, 11) is 0. The number of hydrogen-bond acceptors (Lipinski definition) is 5. The van der Waals surface area contributed by atoms with Gasteiger partial charge < -0.3 is 15.0 Å². The average Bonchev–Trinajstić information content (AvgIpc) is 3.46. The van der Waals surface area contributed by atoms with Crippen LogP contribution in [0.4, 0.5) is 29.3 Å². The minimum absolute atomic E-state index is 0.204. The largest absolute Gasteiger partial charge is 0.573 e. The molecule has 1 saturated carbocycles. The summed E-state index contributed by atoms with van der Waals surface area (Å²) >= 11 is 0. The van der Waals surface area contributed by atoms with Crippen LogP contribution in [0, 0.1) is 0 Å². The van der Waals surface area contributed by atoms with Crippen molar-refractivity contribution < 1.29 is 27.5 Å². The number of nitrogens with one attached hydrogen (secondary N) is 1. The van der Waals surface area contributed by atoms with E-state index in [1.165, 1.54) is 17.0 Å². The van der Waals surface area contributed by atoms with Gasteiger partial charge in [-0.05, 0) is 55.7 Å². The minimum atomic E-state index is -4.82. The zero-order valence-corrected chi connectivity index (χ0v) is 16.1. The van der Waals surface area contributed by atoms with E-state index >= 15 is 0 Å². The van der Waals surface area contributed by atoms with Crippen molar-refractivity contribution in [3.63, 3.8) is 0 Å². The SMILES string of the molecule is CCNc1cnccc1CN1C(=O)N(c2ccc(OC(F)(F)F)cc2)C(=O)C12CC2. The van der Waals surface area contributed by atoms with Crippen molar-refractivity contribution in [2.24, 2.45) is 0 Å². The minimum Gasteiger partial charge on any atom is -0.406 e. The summed E-state index contributed by atoms with van der Waals surface area (Å²) in [5.74, 6) is -0.786. The molecule has 2 aromatic rings. The van der Waals surface area contributed by atoms with Crippen LogP contribution in [-0.2, 0) is 11.3 Å². The fourth-order valence-corrected chi connectivity index (χ4v) is 3.64. The van der Waals surface area contributed by atoms with Gasteiger partial charge in [-0.15, -0.1) is 13.2 Å². The van der Waals surface area contributed by atoms with E-state index in [4.69, 9.17) is 0 Å². The number of ether oxygens (including phenoxy) is 1. The van der Waals surface area contributed by atoms with Gasteiger partial charge in [-0.1, -0.05) is 0 Å². The fraction of sp³-hybridized carbons (Fsp3) is 0.350. The van der Waals surface area contributed by atoms with Gasteiger partial charge in [0.25, 0.3) is 5.91 Å². The molecule has 30 heavy (non-hydrogen) atoms. The van der Waals surface area contributed by atoms with E-state index in [9.17, 15) is 22.8 Å². The lowest BCUT2D eigenvalue weighted by Gasteiger charge is -2.22. The lowest BCUT2D eigenvalue weighted by atomic mass is 10.1. The molecule has 0 unspecified atom stereocenters. The molecule has 1 spiro atoms. The quantitative estimate of drug-likeness (QED) is 0.718. The van der Waals surface area contributed by atoms with Crippen LogP contribution in [0.2, 0.25) is 0 Å². The topological polar surface area (TPSA) is 74.8 Å². The zero-order valence-electron chi connectivity index (χ0n) is 16.1. The first kappa shape index (κ1) is 20.0. The van der Waals surface area contributed by atoms with Crippen molar-refractivity contribution in [1.29, 1.82) is 0 Å². The van der Waals surface area contributed by atoms with E-state index in [0.717, 1.165) is 28.3 Å². The standard InChI is InChI=1S/C20H19F3N4O3/c1-2-25-16-11-24-10-7-13(16)12-26-18(29)27(17(28)19(26)8-9-19)14-3-5-15(6-4-14)30-20(21,22)23/h3-7,10-11,25H,2,8-9,12H2,1H3. The number of carbonyl (C=O) groups is 2. The highest BCUT2D eigenvalue weighted by Gasteiger charge is 2.65. The zero-order chi connectivity index (χ0) is 21.5. The van der Waals surface area contributed by atoms with Crippen LogP contribution in [0.25, 0.3) is 0 Å². The number of carbonyl (C=O) groups excluding carboxylic acids is 2. The van der Waals surface area contributed by atoms with Crippen molar-refractivity contribution in [3.8, 4) is 5.75 Å². The second-order valence-corrected chi connectivity index (χ2v) is 7.15. The number of pyridine rings is 1. The van der Waals surface area contributed by atoms with Crippen molar-refractivity contribution in [3.05, 3.63) is 48.3 Å². The van der Waals surface area contributed by atoms with Gasteiger partial charge in [0.15, 0.2) is 0 Å². The number of rotatable bonds is 6. The van der Waals surface area contributed by atoms with Gasteiger partial charge >= 0.3 is 12.4 Å². The molecule has 1 aliphatic heterocycles. The predicted molar refractivity (Wildman–Crippen MR) is 102 cm³/mol. The second kappa shape index (κ2) is 7.19. The van der Waals surface area contributed by atoms with E-state index < -0.39 is 23.7 Å². The molecule has 7 nitrogen and oxygen atoms in total. The second-order valence-electron chi connectivity index (χ2n) is 7.15. The Kier molecular flexibility index (Phi) is 4.79. The van der Waals surface area contributed by atoms with Gasteiger partial charge in [0, 0.05) is 12.7 Å². The molecule has 158 valence electrons. The Morgan fingerprint density at radius 3 is 2.47 bits per heavy atom. The lowest BCUT2D eigenvalue weighted by Crippen LogP contribution is -2.36. The van der Waals surface area contributed by atoms with Crippen molar-refractivity contribution in [2.75, 3.05) is 16.8 Å². The van der Waals surface area contributed by atoms with Crippen LogP contribution in [0.3, 0.4) is 0 Å². The number of aromatic nitrogens is 1. The van der Waals surface area contributed by atoms with Crippen molar-refractivity contribution >= 4 is 23.3 Å². The first-order valence-corrected chi connectivity index (χ1v) is 9.44. The molecule has 3 amide bonds. The Morgan fingerprint density at radius 1 is 1.17 bits per heavy atom. The highest BCUT2D eigenvalue weighted by atomic mass is 19.4. The third-order valence-electron chi connectivity index (χ3n) is 5.20. The number of hydrogen-bond donors (Lipinski definition) is 1.